The summed E-state index contributed by atoms with van der Waals surface area (Å²) >= 11 is 0. The first-order valence-electron chi connectivity index (χ1n) is 14.2. The summed E-state index contributed by atoms with van der Waals surface area (Å²) in [5, 5.41) is 22.9. The largest absolute Gasteiger partial charge is 2.00 e. The number of carboxylic acid groups (broad SMARTS) is 2. The minimum atomic E-state index is -1.14. The van der Waals surface area contributed by atoms with Gasteiger partial charge in [-0.1, -0.05) is 25.3 Å². The van der Waals surface area contributed by atoms with E-state index in [1.165, 1.54) is 0 Å². The molecule has 8 bridgehead atoms. The van der Waals surface area contributed by atoms with E-state index in [0.717, 1.165) is 78.2 Å². The van der Waals surface area contributed by atoms with Crippen molar-refractivity contribution in [1.82, 2.24) is 19.5 Å². The number of carboxylic acids is 2. The smallest absolute Gasteiger partial charge is 0.550 e. The molecule has 0 saturated carbocycles. The molecule has 3 aromatic rings. The molecule has 2 aliphatic rings. The minimum absolute atomic E-state index is 0. The maximum atomic E-state index is 11.5. The first-order valence-corrected chi connectivity index (χ1v) is 14.2. The van der Waals surface area contributed by atoms with Crippen LogP contribution in [0.5, 0.6) is 0 Å². The molecule has 5 heterocycles. The second-order valence-electron chi connectivity index (χ2n) is 11.1. The molecule has 3 aromatic heterocycles. The van der Waals surface area contributed by atoms with Gasteiger partial charge in [-0.15, -0.1) is 0 Å². The van der Waals surface area contributed by atoms with Crippen LogP contribution in [-0.4, -0.2) is 31.5 Å². The molecule has 0 spiro atoms. The van der Waals surface area contributed by atoms with Crippen molar-refractivity contribution in [3.63, 3.8) is 0 Å². The number of rotatable bonds is 8. The molecule has 0 aliphatic carbocycles. The number of aromatic nitrogens is 4. The first kappa shape index (κ1) is 32.6. The third-order valence-corrected chi connectivity index (χ3v) is 8.61. The predicted octanol–water partition coefficient (Wildman–Crippen LogP) is 4.84. The molecule has 0 radical (unpaired) electrons. The van der Waals surface area contributed by atoms with Crippen molar-refractivity contribution in [2.75, 3.05) is 0 Å². The summed E-state index contributed by atoms with van der Waals surface area (Å²) in [5.41, 5.74) is 13.6. The Morgan fingerprint density at radius 3 is 2.02 bits per heavy atom. The second-order valence-corrected chi connectivity index (χ2v) is 11.1. The van der Waals surface area contributed by atoms with Crippen LogP contribution < -0.4 is 10.2 Å². The van der Waals surface area contributed by atoms with Crippen molar-refractivity contribution < 1.29 is 39.3 Å². The van der Waals surface area contributed by atoms with Gasteiger partial charge in [0, 0.05) is 46.7 Å². The fourth-order valence-electron chi connectivity index (χ4n) is 6.10. The van der Waals surface area contributed by atoms with Crippen molar-refractivity contribution in [3.05, 3.63) is 88.5 Å². The number of allylic oxidation sites excluding steroid dienone is 5. The Kier molecular flexibility index (Phi) is 9.40. The van der Waals surface area contributed by atoms with Gasteiger partial charge < -0.3 is 29.4 Å². The number of hydrogen-bond donors (Lipinski definition) is 1. The monoisotopic (exact) mass is 638 g/mol. The molecular weight excluding hydrogens is 606 g/mol. The normalized spacial score (nSPS) is 12.8. The van der Waals surface area contributed by atoms with Crippen LogP contribution in [0.1, 0.15) is 78.1 Å². The number of aryl methyl sites for hydroxylation is 4. The SMILES string of the molecule is C=CC1=C(C)c2cc3c(C=C)c(C)c(cc4nc(cc5[nH]c(cc1n2)c(C)c5CCC(=O)[O-])C(CCC(=O)[O-])=C4C)n3C.[Zn+2]. The van der Waals surface area contributed by atoms with E-state index < -0.39 is 11.9 Å². The Labute approximate surface area is 269 Å². The summed E-state index contributed by atoms with van der Waals surface area (Å²) < 4.78 is 2.10. The van der Waals surface area contributed by atoms with Gasteiger partial charge in [0.2, 0.25) is 0 Å². The maximum Gasteiger partial charge on any atom is 2.00 e. The Morgan fingerprint density at radius 2 is 1.39 bits per heavy atom. The zero-order chi connectivity index (χ0) is 31.2. The quantitative estimate of drug-likeness (QED) is 0.352. The van der Waals surface area contributed by atoms with E-state index in [1.807, 2.05) is 59.0 Å². The standard InChI is InChI=1S/C35H36N4O4.Zn/c1-8-22-18(3)28-17-33-23(9-2)21(6)32(39(33)7)16-27-20(5)25(11-13-35(42)43)31(38-27)15-30-24(10-12-34(40)41)19(4)26(36-30)14-29(22)37-28;/h8-9,14-17,36H,1-2,10-13H2,3-7H3,(H,40,41)(H,42,43);/q;+2/p-2. The van der Waals surface area contributed by atoms with Gasteiger partial charge in [-0.3, -0.25) is 0 Å². The zero-order valence-corrected chi connectivity index (χ0v) is 28.9. The van der Waals surface area contributed by atoms with Crippen molar-refractivity contribution in [1.29, 1.82) is 0 Å². The van der Waals surface area contributed by atoms with Crippen molar-refractivity contribution in [3.8, 4) is 0 Å². The van der Waals surface area contributed by atoms with E-state index in [-0.39, 0.29) is 45.2 Å². The molecule has 1 N–H and O–H groups in total. The number of carbonyl (C=O) groups is 2. The average Bonchev–Trinajstić information content (AvgIpc) is 3.59. The summed E-state index contributed by atoms with van der Waals surface area (Å²) in [6, 6.07) is 7.91. The van der Waals surface area contributed by atoms with E-state index in [4.69, 9.17) is 9.97 Å². The van der Waals surface area contributed by atoms with Crippen molar-refractivity contribution in [2.45, 2.75) is 53.4 Å². The molecule has 44 heavy (non-hydrogen) atoms. The van der Waals surface area contributed by atoms with Gasteiger partial charge in [0.15, 0.2) is 0 Å². The molecule has 2 aliphatic heterocycles. The zero-order valence-electron chi connectivity index (χ0n) is 25.9. The van der Waals surface area contributed by atoms with E-state index in [1.54, 1.807) is 6.08 Å². The third-order valence-electron chi connectivity index (χ3n) is 8.61. The number of hydrogen-bond acceptors (Lipinski definition) is 6. The van der Waals surface area contributed by atoms with E-state index in [9.17, 15) is 19.8 Å². The second kappa shape index (κ2) is 12.7. The van der Waals surface area contributed by atoms with Gasteiger partial charge in [0.05, 0.1) is 28.3 Å². The van der Waals surface area contributed by atoms with Gasteiger partial charge in [-0.25, -0.2) is 9.97 Å². The maximum absolute atomic E-state index is 11.5. The molecule has 5 rings (SSSR count). The number of nitrogens with one attached hydrogen (secondary N) is 1. The molecule has 0 saturated heterocycles. The molecular formula is C35H34N4O4Zn. The third kappa shape index (κ3) is 5.76. The van der Waals surface area contributed by atoms with Gasteiger partial charge in [0.1, 0.15) is 0 Å². The van der Waals surface area contributed by atoms with Crippen LogP contribution in [0.15, 0.2) is 43.5 Å². The van der Waals surface area contributed by atoms with Crippen molar-refractivity contribution >= 4 is 62.4 Å². The molecule has 8 nitrogen and oxygen atoms in total. The Bertz CT molecular complexity index is 1970. The van der Waals surface area contributed by atoms with E-state index >= 15 is 0 Å². The predicted molar refractivity (Wildman–Crippen MR) is 168 cm³/mol. The Morgan fingerprint density at radius 1 is 0.795 bits per heavy atom. The minimum Gasteiger partial charge on any atom is -0.550 e. The topological polar surface area (TPSA) is 127 Å². The van der Waals surface area contributed by atoms with Crippen LogP contribution in [-0.2, 0) is 42.5 Å². The molecule has 0 aromatic carbocycles. The number of aromatic amines is 1. The number of carbonyl (C=O) groups excluding carboxylic acids is 2. The Hall–Kier alpha value is -4.36. The summed E-state index contributed by atoms with van der Waals surface area (Å²) in [4.78, 5) is 36.3. The molecule has 0 amide bonds. The number of aliphatic carboxylic acids is 2. The summed E-state index contributed by atoms with van der Waals surface area (Å²) in [6.45, 7) is 16.1. The van der Waals surface area contributed by atoms with E-state index in [0.29, 0.717) is 11.2 Å². The van der Waals surface area contributed by atoms with Gasteiger partial charge >= 0.3 is 19.5 Å². The number of nitrogens with zero attached hydrogens (tertiary/aromatic N) is 3. The molecule has 0 atom stereocenters. The van der Waals surface area contributed by atoms with Gasteiger partial charge in [-0.2, -0.15) is 0 Å². The molecule has 220 valence electrons. The van der Waals surface area contributed by atoms with Crippen LogP contribution >= 0.6 is 0 Å². The fourth-order valence-corrected chi connectivity index (χ4v) is 6.10. The average molecular weight is 640 g/mol. The summed E-state index contributed by atoms with van der Waals surface area (Å²) in [5.74, 6) is -2.27. The fraction of sp³-hybridized carbons (Fsp3) is 0.257. The number of fused-ring (bicyclic) bond motifs is 8. The van der Waals surface area contributed by atoms with Crippen LogP contribution in [0.3, 0.4) is 0 Å². The number of H-pyrrole nitrogens is 1. The van der Waals surface area contributed by atoms with Crippen LogP contribution in [0.4, 0.5) is 0 Å². The van der Waals surface area contributed by atoms with Gasteiger partial charge in [-0.05, 0) is 111 Å². The van der Waals surface area contributed by atoms with Crippen LogP contribution in [0.25, 0.3) is 50.4 Å². The van der Waals surface area contributed by atoms with Gasteiger partial charge in [0.25, 0.3) is 0 Å². The Balaban J connectivity index is 0.00000442. The summed E-state index contributed by atoms with van der Waals surface area (Å²) in [6.07, 6.45) is 3.86. The summed E-state index contributed by atoms with van der Waals surface area (Å²) in [7, 11) is 2.00. The van der Waals surface area contributed by atoms with E-state index in [2.05, 4.69) is 28.8 Å². The van der Waals surface area contributed by atoms with Crippen molar-refractivity contribution in [2.24, 2.45) is 7.05 Å². The molecule has 0 unspecified atom stereocenters. The first-order chi connectivity index (χ1) is 20.4. The molecule has 9 heteroatoms. The van der Waals surface area contributed by atoms with Crippen LogP contribution in [0, 0.1) is 13.8 Å². The van der Waals surface area contributed by atoms with Crippen LogP contribution in [0.2, 0.25) is 0 Å². The molecule has 0 fully saturated rings.